The molecule has 20 heavy (non-hydrogen) atoms. The predicted octanol–water partition coefficient (Wildman–Crippen LogP) is 2.07. The lowest BCUT2D eigenvalue weighted by atomic mass is 10.1. The Balaban J connectivity index is 2.22. The summed E-state index contributed by atoms with van der Waals surface area (Å²) >= 11 is 1.54. The normalized spacial score (nSPS) is 22.2. The van der Waals surface area contributed by atoms with Crippen LogP contribution in [0.1, 0.15) is 33.6 Å². The van der Waals surface area contributed by atoms with Crippen molar-refractivity contribution in [2.24, 2.45) is 0 Å². The van der Waals surface area contributed by atoms with Gasteiger partial charge in [-0.25, -0.2) is 0 Å². The van der Waals surface area contributed by atoms with Crippen molar-refractivity contribution in [2.45, 2.75) is 38.8 Å². The summed E-state index contributed by atoms with van der Waals surface area (Å²) in [6.07, 6.45) is 0.466. The Morgan fingerprint density at radius 2 is 2.20 bits per heavy atom. The van der Waals surface area contributed by atoms with Crippen molar-refractivity contribution in [2.75, 3.05) is 13.7 Å². The van der Waals surface area contributed by atoms with Gasteiger partial charge in [0, 0.05) is 30.0 Å². The van der Waals surface area contributed by atoms with Crippen molar-refractivity contribution in [1.29, 1.82) is 0 Å². The van der Waals surface area contributed by atoms with E-state index in [4.69, 9.17) is 9.84 Å². The third-order valence-corrected chi connectivity index (χ3v) is 4.91. The number of thiophene rings is 1. The number of carboxylic acids is 1. The molecule has 0 unspecified atom stereocenters. The molecule has 0 radical (unpaired) electrons. The maximum Gasteiger partial charge on any atom is 0.305 e. The van der Waals surface area contributed by atoms with E-state index < -0.39 is 5.97 Å². The van der Waals surface area contributed by atoms with Crippen LogP contribution in [0.5, 0.6) is 0 Å². The molecule has 2 heterocycles. The summed E-state index contributed by atoms with van der Waals surface area (Å²) < 4.78 is 5.29. The molecule has 1 N–H and O–H groups in total. The van der Waals surface area contributed by atoms with Gasteiger partial charge in [-0.15, -0.1) is 11.3 Å². The molecule has 2 rings (SSSR count). The number of carbonyl (C=O) groups excluding carboxylic acids is 1. The topological polar surface area (TPSA) is 66.8 Å². The lowest BCUT2D eigenvalue weighted by molar-refractivity contribution is -0.137. The molecule has 6 heteroatoms. The molecule has 0 aromatic carbocycles. The van der Waals surface area contributed by atoms with E-state index in [-0.39, 0.29) is 24.5 Å². The van der Waals surface area contributed by atoms with Gasteiger partial charge < -0.3 is 14.7 Å². The maximum absolute atomic E-state index is 12.6. The smallest absolute Gasteiger partial charge is 0.305 e. The Morgan fingerprint density at radius 3 is 2.70 bits per heavy atom. The summed E-state index contributed by atoms with van der Waals surface area (Å²) in [7, 11) is 1.59. The van der Waals surface area contributed by atoms with Gasteiger partial charge in [0.05, 0.1) is 18.1 Å². The van der Waals surface area contributed by atoms with E-state index in [9.17, 15) is 9.59 Å². The zero-order valence-corrected chi connectivity index (χ0v) is 12.7. The monoisotopic (exact) mass is 297 g/mol. The number of carbonyl (C=O) groups is 2. The van der Waals surface area contributed by atoms with Crippen LogP contribution < -0.4 is 0 Å². The Morgan fingerprint density at radius 1 is 1.50 bits per heavy atom. The van der Waals surface area contributed by atoms with Gasteiger partial charge in [0.25, 0.3) is 5.91 Å². The van der Waals surface area contributed by atoms with E-state index in [0.717, 1.165) is 10.4 Å². The van der Waals surface area contributed by atoms with Crippen molar-refractivity contribution in [3.05, 3.63) is 21.4 Å². The highest BCUT2D eigenvalue weighted by Crippen LogP contribution is 2.28. The summed E-state index contributed by atoms with van der Waals surface area (Å²) in [5, 5.41) is 10.8. The molecule has 0 bridgehead atoms. The molecule has 0 saturated carbocycles. The molecule has 110 valence electrons. The predicted molar refractivity (Wildman–Crippen MR) is 76.3 cm³/mol. The molecule has 1 fully saturated rings. The zero-order chi connectivity index (χ0) is 14.9. The standard InChI is InChI=1S/C14H19NO4S/c1-8-9(2)20-7-12(8)14(18)15-6-11(19-3)4-10(15)5-13(16)17/h7,10-11H,4-6H2,1-3H3,(H,16,17)/t10-,11-/m1/s1. The number of carboxylic acid groups (broad SMARTS) is 1. The van der Waals surface area contributed by atoms with Crippen LogP contribution in [0.2, 0.25) is 0 Å². The van der Waals surface area contributed by atoms with Crippen LogP contribution in [0.25, 0.3) is 0 Å². The molecular formula is C14H19NO4S. The fourth-order valence-corrected chi connectivity index (χ4v) is 3.43. The number of likely N-dealkylation sites (tertiary alicyclic amines) is 1. The van der Waals surface area contributed by atoms with Crippen molar-refractivity contribution >= 4 is 23.2 Å². The minimum absolute atomic E-state index is 0.0340. The first-order valence-corrected chi connectivity index (χ1v) is 7.42. The summed E-state index contributed by atoms with van der Waals surface area (Å²) in [6.45, 7) is 4.37. The van der Waals surface area contributed by atoms with Gasteiger partial charge in [-0.1, -0.05) is 0 Å². The molecule has 1 amide bonds. The quantitative estimate of drug-likeness (QED) is 0.924. The van der Waals surface area contributed by atoms with E-state index in [1.54, 1.807) is 23.3 Å². The second kappa shape index (κ2) is 5.93. The number of methoxy groups -OCH3 is 1. The Hall–Kier alpha value is -1.40. The van der Waals surface area contributed by atoms with Gasteiger partial charge in [-0.05, 0) is 25.8 Å². The van der Waals surface area contributed by atoms with Crippen molar-refractivity contribution < 1.29 is 19.4 Å². The number of aliphatic carboxylic acids is 1. The van der Waals surface area contributed by atoms with E-state index in [1.165, 1.54) is 0 Å². The first-order chi connectivity index (χ1) is 9.43. The Bertz CT molecular complexity index is 525. The van der Waals surface area contributed by atoms with Crippen LogP contribution in [0.3, 0.4) is 0 Å². The van der Waals surface area contributed by atoms with Crippen molar-refractivity contribution in [3.63, 3.8) is 0 Å². The number of hydrogen-bond donors (Lipinski definition) is 1. The molecule has 1 saturated heterocycles. The number of nitrogens with zero attached hydrogens (tertiary/aromatic N) is 1. The summed E-state index contributed by atoms with van der Waals surface area (Å²) in [5.41, 5.74) is 1.66. The Labute approximate surface area is 122 Å². The summed E-state index contributed by atoms with van der Waals surface area (Å²) in [5.74, 6) is -0.972. The van der Waals surface area contributed by atoms with E-state index >= 15 is 0 Å². The second-order valence-corrected chi connectivity index (χ2v) is 6.22. The van der Waals surface area contributed by atoms with Gasteiger partial charge in [-0.2, -0.15) is 0 Å². The van der Waals surface area contributed by atoms with Crippen LogP contribution in [0, 0.1) is 13.8 Å². The van der Waals surface area contributed by atoms with E-state index in [2.05, 4.69) is 0 Å². The highest BCUT2D eigenvalue weighted by molar-refractivity contribution is 7.10. The van der Waals surface area contributed by atoms with Crippen LogP contribution in [0.4, 0.5) is 0 Å². The first kappa shape index (κ1) is 15.0. The van der Waals surface area contributed by atoms with E-state index in [1.807, 2.05) is 19.2 Å². The highest BCUT2D eigenvalue weighted by Gasteiger charge is 2.37. The molecule has 1 aromatic rings. The van der Waals surface area contributed by atoms with E-state index in [0.29, 0.717) is 18.5 Å². The summed E-state index contributed by atoms with van der Waals surface area (Å²) in [4.78, 5) is 26.3. The molecule has 1 aromatic heterocycles. The summed E-state index contributed by atoms with van der Waals surface area (Å²) in [6, 6.07) is -0.287. The average Bonchev–Trinajstić information content (AvgIpc) is 2.93. The second-order valence-electron chi connectivity index (χ2n) is 5.13. The fourth-order valence-electron chi connectivity index (χ4n) is 2.57. The highest BCUT2D eigenvalue weighted by atomic mass is 32.1. The minimum Gasteiger partial charge on any atom is -0.481 e. The van der Waals surface area contributed by atoms with Crippen molar-refractivity contribution in [3.8, 4) is 0 Å². The molecule has 1 aliphatic heterocycles. The first-order valence-electron chi connectivity index (χ1n) is 6.54. The number of aryl methyl sites for hydroxylation is 1. The average molecular weight is 297 g/mol. The van der Waals surface area contributed by atoms with Crippen molar-refractivity contribution in [1.82, 2.24) is 4.90 Å². The van der Waals surface area contributed by atoms with Crippen LogP contribution in [-0.4, -0.2) is 47.7 Å². The third-order valence-electron chi connectivity index (χ3n) is 3.90. The lowest BCUT2D eigenvalue weighted by Crippen LogP contribution is -2.37. The van der Waals surface area contributed by atoms with Crippen LogP contribution in [0.15, 0.2) is 5.38 Å². The molecule has 1 aliphatic rings. The molecule has 0 aliphatic carbocycles. The van der Waals surface area contributed by atoms with Gasteiger partial charge in [0.2, 0.25) is 0 Å². The number of rotatable bonds is 4. The third kappa shape index (κ3) is 2.86. The number of amides is 1. The molecule has 5 nitrogen and oxygen atoms in total. The van der Waals surface area contributed by atoms with Gasteiger partial charge in [-0.3, -0.25) is 9.59 Å². The molecule has 2 atom stereocenters. The fraction of sp³-hybridized carbons (Fsp3) is 0.571. The number of ether oxygens (including phenoxy) is 1. The van der Waals surface area contributed by atoms with Gasteiger partial charge in [0.15, 0.2) is 0 Å². The zero-order valence-electron chi connectivity index (χ0n) is 11.9. The number of hydrogen-bond acceptors (Lipinski definition) is 4. The molecule has 0 spiro atoms. The largest absolute Gasteiger partial charge is 0.481 e. The molecular weight excluding hydrogens is 278 g/mol. The SMILES string of the molecule is CO[C@@H]1C[C@H](CC(=O)O)N(C(=O)c2csc(C)c2C)C1. The van der Waals surface area contributed by atoms with Gasteiger partial charge >= 0.3 is 5.97 Å². The minimum atomic E-state index is -0.886. The maximum atomic E-state index is 12.6. The van der Waals surface area contributed by atoms with Crippen LogP contribution >= 0.6 is 11.3 Å². The van der Waals surface area contributed by atoms with Gasteiger partial charge in [0.1, 0.15) is 0 Å². The van der Waals surface area contributed by atoms with Crippen LogP contribution in [-0.2, 0) is 9.53 Å². The lowest BCUT2D eigenvalue weighted by Gasteiger charge is -2.23. The Kier molecular flexibility index (Phi) is 4.45.